The molecule has 0 spiro atoms. The number of carbonyl (C=O) groups is 1. The fourth-order valence-electron chi connectivity index (χ4n) is 5.15. The van der Waals surface area contributed by atoms with Crippen LogP contribution in [0.4, 0.5) is 0 Å². The van der Waals surface area contributed by atoms with Crippen molar-refractivity contribution < 1.29 is 9.53 Å². The maximum Gasteiger partial charge on any atom is 0.185 e. The van der Waals surface area contributed by atoms with Gasteiger partial charge in [0.05, 0.1) is 25.3 Å². The van der Waals surface area contributed by atoms with E-state index >= 15 is 0 Å². The van der Waals surface area contributed by atoms with E-state index in [-0.39, 0.29) is 5.78 Å². The normalized spacial score (nSPS) is 21.9. The van der Waals surface area contributed by atoms with Crippen molar-refractivity contribution in [2.45, 2.75) is 18.0 Å². The Hall–Kier alpha value is -4.42. The predicted octanol–water partition coefficient (Wildman–Crippen LogP) is 4.50. The van der Waals surface area contributed by atoms with E-state index in [0.717, 1.165) is 11.1 Å². The van der Waals surface area contributed by atoms with Crippen LogP contribution in [0.15, 0.2) is 79.3 Å². The molecule has 3 atom stereocenters. The molecule has 2 aliphatic heterocycles. The monoisotopic (exact) mass is 432 g/mol. The number of aromatic nitrogens is 1. The quantitative estimate of drug-likeness (QED) is 0.564. The molecule has 0 bridgehead atoms. The third kappa shape index (κ3) is 3.00. The smallest absolute Gasteiger partial charge is 0.185 e. The number of nitriles is 2. The summed E-state index contributed by atoms with van der Waals surface area (Å²) in [6.07, 6.45) is 7.07. The van der Waals surface area contributed by atoms with Crippen LogP contribution >= 0.6 is 0 Å². The first-order valence-electron chi connectivity index (χ1n) is 10.6. The number of nitrogens with zero attached hydrogens (tertiary/aromatic N) is 4. The van der Waals surface area contributed by atoms with Gasteiger partial charge in [-0.15, -0.1) is 0 Å². The lowest BCUT2D eigenvalue weighted by atomic mass is 9.67. The minimum Gasteiger partial charge on any atom is -0.497 e. The van der Waals surface area contributed by atoms with Crippen LogP contribution in [0.25, 0.3) is 6.08 Å². The van der Waals surface area contributed by atoms with Crippen molar-refractivity contribution in [3.05, 3.63) is 102 Å². The Labute approximate surface area is 192 Å². The summed E-state index contributed by atoms with van der Waals surface area (Å²) in [5.41, 5.74) is 1.50. The van der Waals surface area contributed by atoms with Crippen molar-refractivity contribution in [3.8, 4) is 17.9 Å². The molecule has 5 rings (SSSR count). The Morgan fingerprint density at radius 2 is 1.82 bits per heavy atom. The zero-order valence-electron chi connectivity index (χ0n) is 17.9. The van der Waals surface area contributed by atoms with Crippen LogP contribution in [0.3, 0.4) is 0 Å². The highest BCUT2D eigenvalue weighted by Crippen LogP contribution is 2.59. The Morgan fingerprint density at radius 1 is 1.06 bits per heavy atom. The summed E-state index contributed by atoms with van der Waals surface area (Å²) in [5, 5.41) is 21.0. The second-order valence-corrected chi connectivity index (χ2v) is 8.19. The summed E-state index contributed by atoms with van der Waals surface area (Å²) in [4.78, 5) is 20.1. The van der Waals surface area contributed by atoms with E-state index in [1.165, 1.54) is 0 Å². The van der Waals surface area contributed by atoms with Gasteiger partial charge in [-0.05, 0) is 53.1 Å². The van der Waals surface area contributed by atoms with E-state index < -0.39 is 23.4 Å². The van der Waals surface area contributed by atoms with Crippen molar-refractivity contribution in [1.29, 1.82) is 10.5 Å². The molecule has 1 saturated heterocycles. The number of Topliss-reactive ketones (excluding diaryl/α,β-unsaturated/α-hetero) is 1. The molecule has 6 heteroatoms. The summed E-state index contributed by atoms with van der Waals surface area (Å²) in [6.45, 7) is 0. The van der Waals surface area contributed by atoms with E-state index in [4.69, 9.17) is 4.74 Å². The number of hydrogen-bond acceptors (Lipinski definition) is 6. The van der Waals surface area contributed by atoms with Crippen molar-refractivity contribution in [1.82, 2.24) is 9.88 Å². The maximum atomic E-state index is 14.0. The molecule has 33 heavy (non-hydrogen) atoms. The molecule has 3 aromatic rings. The lowest BCUT2D eigenvalue weighted by Crippen LogP contribution is -2.37. The Bertz CT molecular complexity index is 1300. The second-order valence-electron chi connectivity index (χ2n) is 8.19. The molecule has 0 amide bonds. The average Bonchev–Trinajstić information content (AvgIpc) is 3.20. The number of rotatable bonds is 4. The molecule has 1 fully saturated rings. The van der Waals surface area contributed by atoms with Crippen LogP contribution in [-0.4, -0.2) is 28.8 Å². The molecule has 1 aromatic heterocycles. The first-order valence-corrected chi connectivity index (χ1v) is 10.6. The largest absolute Gasteiger partial charge is 0.497 e. The summed E-state index contributed by atoms with van der Waals surface area (Å²) >= 11 is 0. The Balaban J connectivity index is 1.74. The number of ketones is 1. The van der Waals surface area contributed by atoms with Crippen LogP contribution in [0.2, 0.25) is 0 Å². The molecule has 2 aromatic carbocycles. The molecular formula is C27H20N4O2. The summed E-state index contributed by atoms with van der Waals surface area (Å²) < 4.78 is 5.23. The molecule has 0 saturated carbocycles. The van der Waals surface area contributed by atoms with Crippen LogP contribution in [0.1, 0.15) is 39.0 Å². The summed E-state index contributed by atoms with van der Waals surface area (Å²) in [5.74, 6) is -0.209. The molecule has 6 nitrogen and oxygen atoms in total. The third-order valence-corrected chi connectivity index (χ3v) is 6.63. The van der Waals surface area contributed by atoms with E-state index in [2.05, 4.69) is 17.1 Å². The fourth-order valence-corrected chi connectivity index (χ4v) is 5.15. The van der Waals surface area contributed by atoms with Crippen LogP contribution in [0, 0.1) is 28.1 Å². The van der Waals surface area contributed by atoms with Gasteiger partial charge >= 0.3 is 0 Å². The number of ether oxygens (including phenoxy) is 1. The lowest BCUT2D eigenvalue weighted by Gasteiger charge is -2.34. The minimum atomic E-state index is -1.49. The van der Waals surface area contributed by atoms with Gasteiger partial charge < -0.3 is 9.64 Å². The highest BCUT2D eigenvalue weighted by atomic mass is 16.5. The molecule has 2 aliphatic rings. The van der Waals surface area contributed by atoms with Gasteiger partial charge in [0.2, 0.25) is 0 Å². The van der Waals surface area contributed by atoms with E-state index in [1.54, 1.807) is 49.8 Å². The topological polar surface area (TPSA) is 90.0 Å². The van der Waals surface area contributed by atoms with Crippen molar-refractivity contribution >= 4 is 11.9 Å². The van der Waals surface area contributed by atoms with Crippen LogP contribution in [-0.2, 0) is 0 Å². The van der Waals surface area contributed by atoms with Crippen LogP contribution < -0.4 is 4.74 Å². The number of fused-ring (bicyclic) bond motifs is 3. The number of methoxy groups -OCH3 is 1. The SMILES string of the molecule is COc1ccc(C(=O)[C@H]2[C@H](c3cccnc3)C(C#N)(C#N)[C@@H]3c4ccccc4C=CN32)cc1. The molecular weight excluding hydrogens is 412 g/mol. The van der Waals surface area contributed by atoms with E-state index in [0.29, 0.717) is 16.9 Å². The first-order chi connectivity index (χ1) is 16.1. The Morgan fingerprint density at radius 3 is 2.48 bits per heavy atom. The highest BCUT2D eigenvalue weighted by molar-refractivity contribution is 6.02. The van der Waals surface area contributed by atoms with Gasteiger partial charge in [0.25, 0.3) is 0 Å². The van der Waals surface area contributed by atoms with Gasteiger partial charge in [0.1, 0.15) is 11.8 Å². The van der Waals surface area contributed by atoms with Gasteiger partial charge in [-0.2, -0.15) is 10.5 Å². The molecule has 0 radical (unpaired) electrons. The first kappa shape index (κ1) is 20.5. The summed E-state index contributed by atoms with van der Waals surface area (Å²) in [7, 11) is 1.57. The molecule has 3 heterocycles. The van der Waals surface area contributed by atoms with Gasteiger partial charge in [0, 0.05) is 30.1 Å². The second kappa shape index (κ2) is 7.93. The zero-order valence-corrected chi connectivity index (χ0v) is 17.9. The van der Waals surface area contributed by atoms with Crippen molar-refractivity contribution in [3.63, 3.8) is 0 Å². The zero-order chi connectivity index (χ0) is 23.0. The predicted molar refractivity (Wildman–Crippen MR) is 122 cm³/mol. The van der Waals surface area contributed by atoms with E-state index in [9.17, 15) is 15.3 Å². The molecule has 160 valence electrons. The molecule has 0 N–H and O–H groups in total. The number of hydrogen-bond donors (Lipinski definition) is 0. The summed E-state index contributed by atoms with van der Waals surface area (Å²) in [6, 6.07) is 21.6. The lowest BCUT2D eigenvalue weighted by molar-refractivity contribution is 0.0874. The minimum absolute atomic E-state index is 0.159. The van der Waals surface area contributed by atoms with E-state index in [1.807, 2.05) is 47.5 Å². The van der Waals surface area contributed by atoms with Gasteiger partial charge in [-0.1, -0.05) is 30.3 Å². The standard InChI is InChI=1S/C27H20N4O2/c1-33-21-10-8-19(9-11-21)25(32)24-23(20-6-4-13-30-15-20)27(16-28,17-29)26-22-7-3-2-5-18(22)12-14-31(24)26/h2-15,23-24,26H,1H3/t23-,24+,26-/m0/s1. The molecule has 0 unspecified atom stereocenters. The Kier molecular flexibility index (Phi) is 4.92. The van der Waals surface area contributed by atoms with Crippen LogP contribution in [0.5, 0.6) is 5.75 Å². The van der Waals surface area contributed by atoms with Crippen molar-refractivity contribution in [2.24, 2.45) is 5.41 Å². The average molecular weight is 432 g/mol. The fraction of sp³-hybridized carbons (Fsp3) is 0.185. The number of carbonyl (C=O) groups excluding carboxylic acids is 1. The maximum absolute atomic E-state index is 14.0. The number of pyridine rings is 1. The third-order valence-electron chi connectivity index (χ3n) is 6.63. The van der Waals surface area contributed by atoms with Crippen molar-refractivity contribution in [2.75, 3.05) is 7.11 Å². The van der Waals surface area contributed by atoms with Gasteiger partial charge in [-0.25, -0.2) is 0 Å². The molecule has 0 aliphatic carbocycles. The highest BCUT2D eigenvalue weighted by Gasteiger charge is 2.63. The van der Waals surface area contributed by atoms with Gasteiger partial charge in [0.15, 0.2) is 11.2 Å². The number of benzene rings is 2. The van der Waals surface area contributed by atoms with Gasteiger partial charge in [-0.3, -0.25) is 9.78 Å².